The number of aryl methyl sites for hydroxylation is 1. The van der Waals surface area contributed by atoms with Gasteiger partial charge < -0.3 is 4.18 Å². The molecule has 0 unspecified atom stereocenters. The van der Waals surface area contributed by atoms with Crippen molar-refractivity contribution in [1.82, 2.24) is 0 Å². The summed E-state index contributed by atoms with van der Waals surface area (Å²) in [7, 11) is -6.89. The van der Waals surface area contributed by atoms with Gasteiger partial charge in [0.15, 0.2) is 0 Å². The molecule has 3 aromatic rings. The van der Waals surface area contributed by atoms with Gasteiger partial charge in [0, 0.05) is 9.79 Å². The molecule has 0 atom stereocenters. The predicted molar refractivity (Wildman–Crippen MR) is 119 cm³/mol. The third-order valence-electron chi connectivity index (χ3n) is 4.38. The number of rotatable bonds is 7. The van der Waals surface area contributed by atoms with Crippen LogP contribution in [0.5, 0.6) is 5.75 Å². The fraction of sp³-hybridized carbons (Fsp3) is 0.217. The van der Waals surface area contributed by atoms with Gasteiger partial charge in [0.05, 0.1) is 0 Å². The first-order chi connectivity index (χ1) is 16.9. The maximum Gasteiger partial charge on any atom is 0.460 e. The maximum atomic E-state index is 13.3. The fourth-order valence-corrected chi connectivity index (χ4v) is 4.17. The van der Waals surface area contributed by atoms with Crippen LogP contribution in [0.2, 0.25) is 0 Å². The second-order valence-corrected chi connectivity index (χ2v) is 9.98. The number of benzene rings is 3. The van der Waals surface area contributed by atoms with Crippen molar-refractivity contribution in [3.63, 3.8) is 0 Å². The Hall–Kier alpha value is -2.87. The Balaban J connectivity index is 0.000000308. The first-order valence-corrected chi connectivity index (χ1v) is 12.1. The highest BCUT2D eigenvalue weighted by Crippen LogP contribution is 2.54. The molecule has 3 rings (SSSR count). The Labute approximate surface area is 210 Å². The van der Waals surface area contributed by atoms with Crippen molar-refractivity contribution in [2.45, 2.75) is 40.0 Å². The molecule has 0 spiro atoms. The molecule has 3 aromatic carbocycles. The van der Waals surface area contributed by atoms with Crippen molar-refractivity contribution in [3.05, 3.63) is 90.5 Å². The summed E-state index contributed by atoms with van der Waals surface area (Å²) in [6.07, 6.45) is -7.13. The highest BCUT2D eigenvalue weighted by Gasteiger charge is 2.86. The van der Waals surface area contributed by atoms with Gasteiger partial charge in [-0.3, -0.25) is 0 Å². The lowest BCUT2D eigenvalue weighted by Crippen LogP contribution is -2.63. The molecule has 37 heavy (non-hydrogen) atoms. The SMILES string of the molecule is Cc1ccc(OS(=O)(=O)C(F)(F)C(F)(F)C(F)(F)C(F)(F)F)cc1.c1ccc(Sc2ccccc2)cc1. The van der Waals surface area contributed by atoms with Crippen LogP contribution in [0, 0.1) is 6.92 Å². The van der Waals surface area contributed by atoms with E-state index in [9.17, 15) is 47.9 Å². The van der Waals surface area contributed by atoms with Crippen molar-refractivity contribution in [2.24, 2.45) is 0 Å². The first kappa shape index (κ1) is 30.4. The first-order valence-electron chi connectivity index (χ1n) is 9.91. The Morgan fingerprint density at radius 2 is 1.03 bits per heavy atom. The molecule has 0 bridgehead atoms. The highest BCUT2D eigenvalue weighted by atomic mass is 32.2. The molecule has 0 amide bonds. The van der Waals surface area contributed by atoms with Crippen LogP contribution in [0.4, 0.5) is 39.5 Å². The van der Waals surface area contributed by atoms with Crippen LogP contribution < -0.4 is 4.18 Å². The molecule has 0 radical (unpaired) electrons. The summed E-state index contributed by atoms with van der Waals surface area (Å²) in [5, 5.41) is -6.87. The van der Waals surface area contributed by atoms with Crippen molar-refractivity contribution >= 4 is 21.9 Å². The molecule has 0 fully saturated rings. The molecular weight excluding hydrogens is 559 g/mol. The average Bonchev–Trinajstić information content (AvgIpc) is 2.81. The molecule has 3 nitrogen and oxygen atoms in total. The molecule has 0 heterocycles. The molecule has 202 valence electrons. The Morgan fingerprint density at radius 1 is 0.622 bits per heavy atom. The fourth-order valence-electron chi connectivity index (χ4n) is 2.40. The topological polar surface area (TPSA) is 43.4 Å². The predicted octanol–water partition coefficient (Wildman–Crippen LogP) is 7.97. The summed E-state index contributed by atoms with van der Waals surface area (Å²) in [5.41, 5.74) is 0.459. The molecule has 0 N–H and O–H groups in total. The van der Waals surface area contributed by atoms with Gasteiger partial charge in [-0.2, -0.15) is 47.9 Å². The molecule has 0 saturated carbocycles. The van der Waals surface area contributed by atoms with Crippen molar-refractivity contribution < 1.29 is 52.1 Å². The van der Waals surface area contributed by atoms with E-state index in [1.54, 1.807) is 11.8 Å². The van der Waals surface area contributed by atoms with Crippen LogP contribution in [-0.4, -0.2) is 31.7 Å². The quantitative estimate of drug-likeness (QED) is 0.211. The number of halogens is 9. The zero-order valence-electron chi connectivity index (χ0n) is 18.5. The van der Waals surface area contributed by atoms with Crippen LogP contribution in [0.15, 0.2) is 94.7 Å². The van der Waals surface area contributed by atoms with Crippen molar-refractivity contribution in [3.8, 4) is 5.75 Å². The normalized spacial score (nSPS) is 12.9. The summed E-state index contributed by atoms with van der Waals surface area (Å²) < 4.78 is 140. The number of hydrogen-bond donors (Lipinski definition) is 0. The van der Waals surface area contributed by atoms with E-state index in [-0.39, 0.29) is 0 Å². The van der Waals surface area contributed by atoms with Gasteiger partial charge in [-0.15, -0.1) is 0 Å². The van der Waals surface area contributed by atoms with Gasteiger partial charge >= 0.3 is 33.4 Å². The second-order valence-electron chi connectivity index (χ2n) is 7.24. The van der Waals surface area contributed by atoms with Crippen LogP contribution >= 0.6 is 11.8 Å². The van der Waals surface area contributed by atoms with Gasteiger partial charge in [-0.05, 0) is 43.3 Å². The zero-order valence-corrected chi connectivity index (χ0v) is 20.2. The Morgan fingerprint density at radius 3 is 1.41 bits per heavy atom. The third-order valence-corrected chi connectivity index (χ3v) is 6.69. The molecule has 0 saturated heterocycles. The number of hydrogen-bond acceptors (Lipinski definition) is 4. The lowest BCUT2D eigenvalue weighted by Gasteiger charge is -2.32. The molecule has 0 aliphatic heterocycles. The van der Waals surface area contributed by atoms with E-state index in [0.29, 0.717) is 17.7 Å². The molecule has 0 aromatic heterocycles. The third kappa shape index (κ3) is 6.92. The van der Waals surface area contributed by atoms with Crippen molar-refractivity contribution in [2.75, 3.05) is 0 Å². The lowest BCUT2D eigenvalue weighted by molar-refractivity contribution is -0.382. The van der Waals surface area contributed by atoms with Gasteiger partial charge in [-0.25, -0.2) is 0 Å². The minimum absolute atomic E-state index is 0.459. The van der Waals surface area contributed by atoms with E-state index >= 15 is 0 Å². The van der Waals surface area contributed by atoms with E-state index in [1.165, 1.54) is 16.7 Å². The maximum absolute atomic E-state index is 13.3. The minimum atomic E-state index is -7.33. The second kappa shape index (κ2) is 11.3. The minimum Gasteiger partial charge on any atom is -0.378 e. The van der Waals surface area contributed by atoms with Gasteiger partial charge in [-0.1, -0.05) is 65.9 Å². The van der Waals surface area contributed by atoms with E-state index in [2.05, 4.69) is 52.7 Å². The van der Waals surface area contributed by atoms with E-state index < -0.39 is 39.1 Å². The van der Waals surface area contributed by atoms with Crippen LogP contribution in [-0.2, 0) is 10.1 Å². The number of alkyl halides is 9. The van der Waals surface area contributed by atoms with Crippen LogP contribution in [0.1, 0.15) is 5.56 Å². The smallest absolute Gasteiger partial charge is 0.378 e. The molecule has 0 aliphatic rings. The molecular formula is C23H17F9O3S2. The van der Waals surface area contributed by atoms with E-state index in [1.807, 2.05) is 12.1 Å². The van der Waals surface area contributed by atoms with Crippen molar-refractivity contribution in [1.29, 1.82) is 0 Å². The monoisotopic (exact) mass is 576 g/mol. The van der Waals surface area contributed by atoms with Crippen LogP contribution in [0.25, 0.3) is 0 Å². The molecule has 0 aliphatic carbocycles. The average molecular weight is 577 g/mol. The summed E-state index contributed by atoms with van der Waals surface area (Å²) in [6.45, 7) is 1.46. The summed E-state index contributed by atoms with van der Waals surface area (Å²) in [5.74, 6) is -15.6. The van der Waals surface area contributed by atoms with Crippen LogP contribution in [0.3, 0.4) is 0 Å². The molecule has 14 heteroatoms. The Bertz CT molecular complexity index is 1210. The van der Waals surface area contributed by atoms with E-state index in [0.717, 1.165) is 12.1 Å². The summed E-state index contributed by atoms with van der Waals surface area (Å²) >= 11 is 1.79. The largest absolute Gasteiger partial charge is 0.460 e. The highest BCUT2D eigenvalue weighted by molar-refractivity contribution is 7.99. The zero-order chi connectivity index (χ0) is 28.1. The summed E-state index contributed by atoms with van der Waals surface area (Å²) in [4.78, 5) is 2.57. The van der Waals surface area contributed by atoms with Gasteiger partial charge in [0.1, 0.15) is 5.75 Å². The lowest BCUT2D eigenvalue weighted by atomic mass is 10.1. The van der Waals surface area contributed by atoms with Gasteiger partial charge in [0.2, 0.25) is 0 Å². The Kier molecular flexibility index (Phi) is 9.23. The van der Waals surface area contributed by atoms with E-state index in [4.69, 9.17) is 0 Å². The summed E-state index contributed by atoms with van der Waals surface area (Å²) in [6, 6.07) is 24.4. The standard InChI is InChI=1S/C12H10S.C11H7F9O3S/c1-3-7-11(8-4-1)13-12-9-5-2-6-10-12;1-6-2-4-7(5-3-6)23-24(21,22)11(19,20)9(14,15)8(12,13)10(16,17)18/h1-10H;2-5H,1H3. The van der Waals surface area contributed by atoms with Gasteiger partial charge in [0.25, 0.3) is 0 Å².